The molecule has 0 N–H and O–H groups in total. The van der Waals surface area contributed by atoms with E-state index in [-0.39, 0.29) is 16.9 Å². The van der Waals surface area contributed by atoms with Gasteiger partial charge >= 0.3 is 0 Å². The molecular weight excluding hydrogens is 310 g/mol. The van der Waals surface area contributed by atoms with Gasteiger partial charge in [0.15, 0.2) is 0 Å². The number of non-ortho nitro benzene ring substituents is 2. The van der Waals surface area contributed by atoms with Gasteiger partial charge in [0.25, 0.3) is 11.4 Å². The monoisotopic (exact) mass is 327 g/mol. The lowest BCUT2D eigenvalue weighted by Gasteiger charge is -2.16. The fourth-order valence-corrected chi connectivity index (χ4v) is 2.11. The highest BCUT2D eigenvalue weighted by atomic mass is 16.6. The Morgan fingerprint density at radius 2 is 1.12 bits per heavy atom. The molecule has 0 aromatic heterocycles. The van der Waals surface area contributed by atoms with Crippen LogP contribution >= 0.6 is 0 Å². The number of rotatable bonds is 4. The van der Waals surface area contributed by atoms with Crippen molar-refractivity contribution in [3.8, 4) is 0 Å². The predicted octanol–water partition coefficient (Wildman–Crippen LogP) is 4.14. The van der Waals surface area contributed by atoms with Crippen LogP contribution in [0.3, 0.4) is 0 Å². The second kappa shape index (κ2) is 6.57. The molecule has 0 amide bonds. The van der Waals surface area contributed by atoms with Crippen LogP contribution in [-0.2, 0) is 0 Å². The Hall–Kier alpha value is -3.09. The van der Waals surface area contributed by atoms with E-state index >= 15 is 0 Å². The van der Waals surface area contributed by atoms with E-state index in [9.17, 15) is 20.2 Å². The minimum absolute atomic E-state index is 0.00226. The molecule has 7 heteroatoms. The van der Waals surface area contributed by atoms with E-state index in [1.165, 1.54) is 24.3 Å². The molecule has 0 fully saturated rings. The highest BCUT2D eigenvalue weighted by Crippen LogP contribution is 2.21. The van der Waals surface area contributed by atoms with E-state index in [1.807, 2.05) is 20.8 Å². The topological polar surface area (TPSA) is 98.6 Å². The number of benzene rings is 2. The van der Waals surface area contributed by atoms with Gasteiger partial charge in [-0.1, -0.05) is 0 Å². The molecule has 2 aromatic rings. The predicted molar refractivity (Wildman–Crippen MR) is 91.6 cm³/mol. The highest BCUT2D eigenvalue weighted by molar-refractivity contribution is 6.13. The van der Waals surface area contributed by atoms with Crippen molar-refractivity contribution in [3.05, 3.63) is 79.9 Å². The van der Waals surface area contributed by atoms with Crippen molar-refractivity contribution >= 4 is 17.1 Å². The average molecular weight is 327 g/mol. The van der Waals surface area contributed by atoms with Crippen LogP contribution in [0.2, 0.25) is 0 Å². The van der Waals surface area contributed by atoms with Gasteiger partial charge in [0.05, 0.1) is 21.1 Å². The Labute approximate surface area is 139 Å². The first-order chi connectivity index (χ1) is 11.2. The number of nitro groups is 2. The first-order valence-electron chi connectivity index (χ1n) is 7.27. The maximum absolute atomic E-state index is 10.8. The van der Waals surface area contributed by atoms with E-state index in [4.69, 9.17) is 0 Å². The SMILES string of the molecule is CC(C)(C)N=C(c1ccc([N+](=O)[O-])cc1)c1ccc([N+](=O)[O-])cc1. The van der Waals surface area contributed by atoms with Crippen LogP contribution in [-0.4, -0.2) is 21.1 Å². The van der Waals surface area contributed by atoms with Crippen LogP contribution in [0, 0.1) is 20.2 Å². The Morgan fingerprint density at radius 1 is 0.792 bits per heavy atom. The quantitative estimate of drug-likeness (QED) is 0.478. The maximum atomic E-state index is 10.8. The third-order valence-electron chi connectivity index (χ3n) is 3.15. The van der Waals surface area contributed by atoms with Crippen LogP contribution in [0.4, 0.5) is 11.4 Å². The first-order valence-corrected chi connectivity index (χ1v) is 7.27. The number of hydrogen-bond donors (Lipinski definition) is 0. The number of nitrogens with zero attached hydrogens (tertiary/aromatic N) is 3. The van der Waals surface area contributed by atoms with Gasteiger partial charge in [0.2, 0.25) is 0 Å². The normalized spacial score (nSPS) is 11.0. The zero-order valence-corrected chi connectivity index (χ0v) is 13.6. The van der Waals surface area contributed by atoms with Gasteiger partial charge in [-0.3, -0.25) is 25.2 Å². The summed E-state index contributed by atoms with van der Waals surface area (Å²) < 4.78 is 0. The third kappa shape index (κ3) is 4.22. The van der Waals surface area contributed by atoms with E-state index in [0.29, 0.717) is 16.8 Å². The largest absolute Gasteiger partial charge is 0.278 e. The second-order valence-corrected chi connectivity index (χ2v) is 6.24. The zero-order valence-electron chi connectivity index (χ0n) is 13.6. The van der Waals surface area contributed by atoms with E-state index in [0.717, 1.165) is 0 Å². The van der Waals surface area contributed by atoms with Crippen molar-refractivity contribution in [3.63, 3.8) is 0 Å². The summed E-state index contributed by atoms with van der Waals surface area (Å²) in [4.78, 5) is 25.3. The van der Waals surface area contributed by atoms with Gasteiger partial charge in [-0.25, -0.2) is 0 Å². The molecule has 0 saturated heterocycles. The summed E-state index contributed by atoms with van der Waals surface area (Å²) in [5.74, 6) is 0. The van der Waals surface area contributed by atoms with Crippen LogP contribution in [0.25, 0.3) is 0 Å². The number of hydrogen-bond acceptors (Lipinski definition) is 5. The molecule has 0 unspecified atom stereocenters. The molecule has 7 nitrogen and oxygen atoms in total. The first kappa shape index (κ1) is 17.3. The average Bonchev–Trinajstić information content (AvgIpc) is 2.52. The van der Waals surface area contributed by atoms with Crippen molar-refractivity contribution in [2.24, 2.45) is 4.99 Å². The fourth-order valence-electron chi connectivity index (χ4n) is 2.11. The molecule has 0 aliphatic heterocycles. The van der Waals surface area contributed by atoms with Crippen LogP contribution in [0.5, 0.6) is 0 Å². The fraction of sp³-hybridized carbons (Fsp3) is 0.235. The van der Waals surface area contributed by atoms with Crippen molar-refractivity contribution < 1.29 is 9.85 Å². The van der Waals surface area contributed by atoms with Gasteiger partial charge in [-0.2, -0.15) is 0 Å². The minimum atomic E-state index is -0.462. The Balaban J connectivity index is 2.51. The second-order valence-electron chi connectivity index (χ2n) is 6.24. The third-order valence-corrected chi connectivity index (χ3v) is 3.15. The van der Waals surface area contributed by atoms with Gasteiger partial charge < -0.3 is 0 Å². The Kier molecular flexibility index (Phi) is 4.73. The van der Waals surface area contributed by atoms with Crippen molar-refractivity contribution in [1.29, 1.82) is 0 Å². The summed E-state index contributed by atoms with van der Waals surface area (Å²) >= 11 is 0. The zero-order chi connectivity index (χ0) is 17.9. The summed E-state index contributed by atoms with van der Waals surface area (Å²) in [6.45, 7) is 5.80. The molecule has 0 atom stereocenters. The van der Waals surface area contributed by atoms with Crippen molar-refractivity contribution in [2.75, 3.05) is 0 Å². The molecule has 124 valence electrons. The lowest BCUT2D eigenvalue weighted by atomic mass is 9.99. The molecule has 2 rings (SSSR count). The van der Waals surface area contributed by atoms with Gasteiger partial charge in [0, 0.05) is 35.4 Å². The summed E-state index contributed by atoms with van der Waals surface area (Å²) in [6, 6.07) is 12.2. The molecule has 0 aliphatic rings. The van der Waals surface area contributed by atoms with Crippen LogP contribution < -0.4 is 0 Å². The Morgan fingerprint density at radius 3 is 1.38 bits per heavy atom. The Bertz CT molecular complexity index is 729. The molecule has 24 heavy (non-hydrogen) atoms. The summed E-state index contributed by atoms with van der Waals surface area (Å²) in [6.07, 6.45) is 0. The standard InChI is InChI=1S/C17H17N3O4/c1-17(2,3)18-16(12-4-8-14(9-5-12)19(21)22)13-6-10-15(11-7-13)20(23)24/h4-11H,1-3H3. The van der Waals surface area contributed by atoms with Crippen molar-refractivity contribution in [2.45, 2.75) is 26.3 Å². The van der Waals surface area contributed by atoms with E-state index < -0.39 is 9.85 Å². The van der Waals surface area contributed by atoms with Gasteiger partial charge in [-0.05, 0) is 45.0 Å². The summed E-state index contributed by atoms with van der Waals surface area (Å²) in [5, 5.41) is 21.6. The molecule has 0 bridgehead atoms. The molecule has 0 spiro atoms. The van der Waals surface area contributed by atoms with E-state index in [2.05, 4.69) is 4.99 Å². The number of aliphatic imine (C=N–C) groups is 1. The van der Waals surface area contributed by atoms with Crippen LogP contribution in [0.1, 0.15) is 31.9 Å². The molecule has 2 aromatic carbocycles. The lowest BCUT2D eigenvalue weighted by Crippen LogP contribution is -2.16. The van der Waals surface area contributed by atoms with E-state index in [1.54, 1.807) is 24.3 Å². The molecule has 0 aliphatic carbocycles. The highest BCUT2D eigenvalue weighted by Gasteiger charge is 2.16. The minimum Gasteiger partial charge on any atom is -0.278 e. The van der Waals surface area contributed by atoms with Crippen molar-refractivity contribution in [1.82, 2.24) is 0 Å². The maximum Gasteiger partial charge on any atom is 0.269 e. The molecule has 0 radical (unpaired) electrons. The molecule has 0 saturated carbocycles. The summed E-state index contributed by atoms with van der Waals surface area (Å²) in [5.41, 5.74) is 1.68. The summed E-state index contributed by atoms with van der Waals surface area (Å²) in [7, 11) is 0. The van der Waals surface area contributed by atoms with Gasteiger partial charge in [0.1, 0.15) is 0 Å². The lowest BCUT2D eigenvalue weighted by molar-refractivity contribution is -0.385. The number of nitro benzene ring substituents is 2. The van der Waals surface area contributed by atoms with Gasteiger partial charge in [-0.15, -0.1) is 0 Å². The molecule has 0 heterocycles. The van der Waals surface area contributed by atoms with Crippen LogP contribution in [0.15, 0.2) is 53.5 Å². The molecular formula is C17H17N3O4. The smallest absolute Gasteiger partial charge is 0.269 e.